The molecule has 1 fully saturated rings. The smallest absolute Gasteiger partial charge is 0.682 e. The van der Waals surface area contributed by atoms with E-state index in [0.29, 0.717) is 95.9 Å². The van der Waals surface area contributed by atoms with Gasteiger partial charge >= 0.3 is 87.6 Å². The zero-order chi connectivity index (χ0) is 92.8. The molecule has 9 atom stereocenters. The number of carbonyl (C=O) groups is 9. The number of aliphatic carboxylic acids is 1. The molecule has 0 aliphatic carbocycles. The van der Waals surface area contributed by atoms with Gasteiger partial charge in [0.15, 0.2) is 0 Å². The average molecular weight is 1850 g/mol. The molecule has 7 aliphatic heterocycles. The van der Waals surface area contributed by atoms with E-state index in [4.69, 9.17) is 107 Å². The van der Waals surface area contributed by atoms with Crippen LogP contribution in [-0.4, -0.2) is 175 Å². The van der Waals surface area contributed by atoms with Gasteiger partial charge in [0.2, 0.25) is 0 Å². The Morgan fingerprint density at radius 3 is 1.76 bits per heavy atom. The van der Waals surface area contributed by atoms with Gasteiger partial charge in [-0.3, -0.25) is 58.1 Å². The molecule has 32 nitrogen and oxygen atoms in total. The van der Waals surface area contributed by atoms with E-state index in [-0.39, 0.29) is 163 Å². The summed E-state index contributed by atoms with van der Waals surface area (Å²) in [5, 5.41) is 36.7. The van der Waals surface area contributed by atoms with Crippen molar-refractivity contribution in [3.8, 4) is 0 Å². The summed E-state index contributed by atoms with van der Waals surface area (Å²) >= 11 is 0. The number of aromatic nitrogens is 7. The second kappa shape index (κ2) is 44.0. The Bertz CT molecular complexity index is 5490. The van der Waals surface area contributed by atoms with Crippen LogP contribution in [0.25, 0.3) is 55.8 Å². The summed E-state index contributed by atoms with van der Waals surface area (Å²) in [7, 11) is 7.77. The molecular weight excluding hydrogens is 1740 g/mol. The molecule has 11 rings (SSSR count). The summed E-state index contributed by atoms with van der Waals surface area (Å²) in [5.74, 6) is -8.14. The molecule has 1 N–H and O–H groups in total. The van der Waals surface area contributed by atoms with Gasteiger partial charge < -0.3 is 86.7 Å². The van der Waals surface area contributed by atoms with Crippen molar-refractivity contribution in [3.63, 3.8) is 0 Å². The van der Waals surface area contributed by atoms with Gasteiger partial charge in [0, 0.05) is 107 Å². The number of carbonyl (C=O) groups excluding carboxylic acids is 8. The molecule has 0 spiro atoms. The molecule has 7 aliphatic rings. The van der Waals surface area contributed by atoms with E-state index in [1.165, 1.54) is 47.3 Å². The second-order valence-corrected chi connectivity index (χ2v) is 33.8. The summed E-state index contributed by atoms with van der Waals surface area (Å²) in [4.78, 5) is 160. The van der Waals surface area contributed by atoms with Crippen LogP contribution in [-0.2, 0) is 139 Å². The number of rotatable bonds is 34. The van der Waals surface area contributed by atoms with Crippen LogP contribution in [0.2, 0.25) is 0 Å². The molecule has 34 heteroatoms. The third kappa shape index (κ3) is 21.4. The molecule has 0 amide bonds. The van der Waals surface area contributed by atoms with Crippen molar-refractivity contribution in [1.29, 1.82) is 10.5 Å². The zero-order valence-corrected chi connectivity index (χ0v) is 77.8. The summed E-state index contributed by atoms with van der Waals surface area (Å²) < 4.78 is 51.3. The monoisotopic (exact) mass is 1850 g/mol. The number of nitrogens with zero attached hydrogens (tertiary/aromatic N) is 13. The first-order valence-electron chi connectivity index (χ1n) is 41.7. The third-order valence-corrected chi connectivity index (χ3v) is 26.5. The predicted molar refractivity (Wildman–Crippen MR) is 467 cm³/mol. The Morgan fingerprint density at radius 2 is 1.14 bits per heavy atom. The third-order valence-electron chi connectivity index (χ3n) is 26.5. The average Bonchev–Trinajstić information content (AvgIpc) is 1.52. The number of hydrogen-bond donors (Lipinski definition) is 1. The summed E-state index contributed by atoms with van der Waals surface area (Å²) in [6.45, 7) is 40.9. The topological polar surface area (TPSA) is 440 Å². The van der Waals surface area contributed by atoms with Crippen molar-refractivity contribution in [2.45, 2.75) is 204 Å². The maximum Gasteiger partial charge on any atom is 3.00 e. The Labute approximate surface area is 767 Å². The van der Waals surface area contributed by atoms with Crippen LogP contribution in [0, 0.1) is 82.8 Å². The van der Waals surface area contributed by atoms with Crippen LogP contribution >= 0.6 is 0 Å². The molecule has 1 radical (unpaired) electrons. The van der Waals surface area contributed by atoms with Crippen LogP contribution in [0.5, 0.6) is 0 Å². The Morgan fingerprint density at radius 1 is 0.570 bits per heavy atom. The van der Waals surface area contributed by atoms with Gasteiger partial charge in [0.1, 0.15) is 18.9 Å². The van der Waals surface area contributed by atoms with Crippen LogP contribution in [0.15, 0.2) is 99.0 Å². The molecule has 0 saturated carbocycles. The van der Waals surface area contributed by atoms with Gasteiger partial charge in [0.25, 0.3) is 0 Å². The summed E-state index contributed by atoms with van der Waals surface area (Å²) in [5.41, 5.74) is 9.91. The second-order valence-electron chi connectivity index (χ2n) is 33.8. The van der Waals surface area contributed by atoms with Crippen LogP contribution < -0.4 is 9.97 Å². The van der Waals surface area contributed by atoms with E-state index < -0.39 is 111 Å². The first-order chi connectivity index (χ1) is 59.9. The van der Waals surface area contributed by atoms with Crippen LogP contribution in [0.3, 0.4) is 0 Å². The van der Waals surface area contributed by atoms with E-state index in [1.54, 1.807) is 18.3 Å². The normalized spacial score (nSPS) is 23.7. The van der Waals surface area contributed by atoms with E-state index in [2.05, 4.69) is 23.5 Å². The number of carboxylic acid groups (broad SMARTS) is 1. The SMILES string of the molecule is C=CC1=C(C)c2cc3[n-]c(cc4nc(cc5[n-]c(cc1n2)c(C)c5CCC(=O)O)C(CCC(=O)OCCOCCn1cc(COC(=O)C[C@]2(C)/C5=C(\C)C6=N[C@@](C)(C7[N-]/C(=C(/C)C8=N/C(=C\C(=N5)[C@H]2CCC(=O)OC)C(C)(C)[C@@H]8CCC(=O)OC)[C@](C)(CCC(=O)OC)[C@H]7CC(=O)OC)[C@@](C)(CC(=O)OC)[C@@H]6CCC(=O)OC)nn1)=C4C)c(C)c3C=C.[C-]#N.[C-]#N.[Co+3].[Cu+2]. The molecular formula is C94H112CoCuN13O19. The maximum atomic E-state index is 15.1. The minimum Gasteiger partial charge on any atom is -0.682 e. The number of aliphatic imine (C=N–C) groups is 3. The predicted octanol–water partition coefficient (Wildman–Crippen LogP) is 13.9. The molecule has 4 aromatic heterocycles. The number of allylic oxidation sites excluding steroid dienone is 11. The van der Waals surface area contributed by atoms with Crippen molar-refractivity contribution in [3.05, 3.63) is 153 Å². The number of hydrogen-bond acceptors (Lipinski definition) is 27. The van der Waals surface area contributed by atoms with Crippen molar-refractivity contribution >= 4 is 121 Å². The molecule has 128 heavy (non-hydrogen) atoms. The van der Waals surface area contributed by atoms with E-state index in [9.17, 15) is 43.5 Å². The van der Waals surface area contributed by atoms with Gasteiger partial charge in [-0.05, 0) is 138 Å². The fourth-order valence-corrected chi connectivity index (χ4v) is 19.0. The number of ether oxygens (including phenoxy) is 9. The van der Waals surface area contributed by atoms with E-state index in [1.807, 2.05) is 113 Å². The van der Waals surface area contributed by atoms with Gasteiger partial charge in [-0.2, -0.15) is 5.70 Å². The minimum absolute atomic E-state index is 0. The Balaban J connectivity index is 0.00000369. The summed E-state index contributed by atoms with van der Waals surface area (Å²) in [6, 6.07) is 6.61. The maximum absolute atomic E-state index is 15.1. The quantitative estimate of drug-likeness (QED) is 0.0149. The largest absolute Gasteiger partial charge is 3.00 e. The van der Waals surface area contributed by atoms with Crippen molar-refractivity contribution < 1.29 is 125 Å². The zero-order valence-electron chi connectivity index (χ0n) is 75.8. The Kier molecular flexibility index (Phi) is 35.6. The molecule has 4 aromatic rings. The standard InChI is InChI=1S/C92H113N11O19.2CN.Co.Cu/c1-21-56-49(3)64-40-65-52(6)59(71(95-65)43-70-58(23-28-74(104)105)51(5)67(96-70)42-69-57(22-2)50(4)66(94-69)41-68(56)93-64)24-29-79(110)121-38-37-120-36-35-103-47-55(101-102-103)48-122-82(113)45-90(12)60(25-30-75(106)114-15)72-44-73-88(9,10)61(26-31-76(107)115-16)83(98-73)53(7)85-89(11,34-33-78(109)117-18)63(39-80(111)118-19)87(99-85)92(14)91(13,46-81(112)119-20)62(27-32-77(108)116-17)84(100-92)54(8)86(90)97-72;2*1-2;;/h21-22,40-44,47,60-63,87H,1-2,23-39,45-46,48H2,3-20H3,(H2-2,93,94,95,96,97,98,99,100,101,102,104,105);;;;/q-2;2*-1;+3;+2/p-1/t60-,61-,62-,63+,87?,89-,90+,91+,92+;;;;/m1..../s1. The van der Waals surface area contributed by atoms with Crippen molar-refractivity contribution in [2.75, 3.05) is 62.5 Å². The number of methoxy groups -OCH3 is 6. The molecule has 1 saturated heterocycles. The molecule has 16 bridgehead atoms. The van der Waals surface area contributed by atoms with Gasteiger partial charge in [-0.1, -0.05) is 112 Å². The van der Waals surface area contributed by atoms with Gasteiger partial charge in [-0.25, -0.2) is 14.6 Å². The molecule has 0 aromatic carbocycles. The van der Waals surface area contributed by atoms with Crippen molar-refractivity contribution in [1.82, 2.24) is 34.9 Å². The van der Waals surface area contributed by atoms with Crippen molar-refractivity contribution in [2.24, 2.45) is 60.3 Å². The molecule has 11 heterocycles. The molecule has 687 valence electrons. The first-order valence-corrected chi connectivity index (χ1v) is 41.7. The fourth-order valence-electron chi connectivity index (χ4n) is 19.0. The van der Waals surface area contributed by atoms with Crippen LogP contribution in [0.4, 0.5) is 0 Å². The number of esters is 8. The van der Waals surface area contributed by atoms with E-state index >= 15 is 4.79 Å². The Hall–Kier alpha value is -11.6. The van der Waals surface area contributed by atoms with Gasteiger partial charge in [-0.15, -0.1) is 27.2 Å². The minimum atomic E-state index is -1.49. The molecule has 1 unspecified atom stereocenters. The van der Waals surface area contributed by atoms with E-state index in [0.717, 1.165) is 44.5 Å². The number of fused-ring (bicyclic) bond motifs is 14. The number of carboxylic acids is 1. The first kappa shape index (κ1) is 104. The van der Waals surface area contributed by atoms with Gasteiger partial charge in [0.05, 0.1) is 115 Å². The van der Waals surface area contributed by atoms with Crippen LogP contribution in [0.1, 0.15) is 210 Å². The summed E-state index contributed by atoms with van der Waals surface area (Å²) in [6.07, 6.45) is 6.76. The number of aryl methyl sites for hydroxylation is 3. The fraction of sp³-hybridized carbons (Fsp3) is 0.511.